The Hall–Kier alpha value is -1.77. The summed E-state index contributed by atoms with van der Waals surface area (Å²) in [7, 11) is 0. The monoisotopic (exact) mass is 434 g/mol. The number of rotatable bonds is 3. The van der Waals surface area contributed by atoms with Gasteiger partial charge in [-0.05, 0) is 29.6 Å². The van der Waals surface area contributed by atoms with E-state index in [1.165, 1.54) is 0 Å². The first kappa shape index (κ1) is 16.7. The quantitative estimate of drug-likeness (QED) is 0.624. The van der Waals surface area contributed by atoms with Gasteiger partial charge >= 0.3 is 0 Å². The van der Waals surface area contributed by atoms with Crippen LogP contribution in [0.1, 0.15) is 10.4 Å². The molecule has 1 saturated heterocycles. The van der Waals surface area contributed by atoms with Crippen molar-refractivity contribution in [3.8, 4) is 9.88 Å². The first-order chi connectivity index (χ1) is 12.2. The molecule has 0 bridgehead atoms. The van der Waals surface area contributed by atoms with Crippen LogP contribution in [0.25, 0.3) is 9.88 Å². The summed E-state index contributed by atoms with van der Waals surface area (Å²) >= 11 is 6.70. The van der Waals surface area contributed by atoms with Crippen LogP contribution in [0.2, 0.25) is 0 Å². The van der Waals surface area contributed by atoms with Gasteiger partial charge in [0.15, 0.2) is 5.01 Å². The van der Waals surface area contributed by atoms with E-state index in [1.807, 2.05) is 40.6 Å². The molecule has 1 amide bonds. The van der Waals surface area contributed by atoms with E-state index in [4.69, 9.17) is 0 Å². The predicted octanol–water partition coefficient (Wildman–Crippen LogP) is 3.99. The number of halogens is 1. The topological polar surface area (TPSA) is 49.3 Å². The highest BCUT2D eigenvalue weighted by Gasteiger charge is 2.24. The SMILES string of the molecule is O=C(c1cccc(Br)c1)N1CCN(c2nnc(-c3cccs3)s2)CC1. The average Bonchev–Trinajstić information content (AvgIpc) is 3.32. The molecule has 0 spiro atoms. The molecule has 1 fully saturated rings. The second kappa shape index (κ2) is 7.23. The highest BCUT2D eigenvalue weighted by atomic mass is 79.9. The minimum Gasteiger partial charge on any atom is -0.343 e. The van der Waals surface area contributed by atoms with Gasteiger partial charge in [-0.25, -0.2) is 0 Å². The third kappa shape index (κ3) is 3.61. The number of carbonyl (C=O) groups is 1. The van der Waals surface area contributed by atoms with Gasteiger partial charge in [0.2, 0.25) is 5.13 Å². The van der Waals surface area contributed by atoms with Gasteiger partial charge < -0.3 is 9.80 Å². The van der Waals surface area contributed by atoms with E-state index in [9.17, 15) is 4.79 Å². The van der Waals surface area contributed by atoms with Crippen molar-refractivity contribution in [1.82, 2.24) is 15.1 Å². The molecule has 1 aliphatic rings. The highest BCUT2D eigenvalue weighted by Crippen LogP contribution is 2.31. The van der Waals surface area contributed by atoms with Crippen LogP contribution < -0.4 is 4.90 Å². The van der Waals surface area contributed by atoms with E-state index in [-0.39, 0.29) is 5.91 Å². The number of aromatic nitrogens is 2. The van der Waals surface area contributed by atoms with Crippen molar-refractivity contribution in [2.75, 3.05) is 31.1 Å². The first-order valence-corrected chi connectivity index (χ1v) is 10.4. The summed E-state index contributed by atoms with van der Waals surface area (Å²) in [5, 5.41) is 12.6. The molecule has 1 aromatic carbocycles. The van der Waals surface area contributed by atoms with E-state index >= 15 is 0 Å². The zero-order chi connectivity index (χ0) is 17.2. The van der Waals surface area contributed by atoms with Gasteiger partial charge in [-0.3, -0.25) is 4.79 Å². The number of carbonyl (C=O) groups excluding carboxylic acids is 1. The molecule has 0 N–H and O–H groups in total. The molecule has 3 aromatic rings. The zero-order valence-electron chi connectivity index (χ0n) is 13.3. The van der Waals surface area contributed by atoms with E-state index in [0.717, 1.165) is 38.1 Å². The largest absolute Gasteiger partial charge is 0.343 e. The fourth-order valence-corrected chi connectivity index (χ4v) is 4.84. The molecule has 0 aliphatic carbocycles. The zero-order valence-corrected chi connectivity index (χ0v) is 16.5. The van der Waals surface area contributed by atoms with Crippen LogP contribution in [-0.4, -0.2) is 47.2 Å². The van der Waals surface area contributed by atoms with Crippen molar-refractivity contribution in [2.45, 2.75) is 0 Å². The van der Waals surface area contributed by atoms with Gasteiger partial charge in [0.25, 0.3) is 5.91 Å². The number of benzene rings is 1. The number of hydrogen-bond acceptors (Lipinski definition) is 6. The molecule has 0 radical (unpaired) electrons. The Morgan fingerprint density at radius 1 is 1.08 bits per heavy atom. The summed E-state index contributed by atoms with van der Waals surface area (Å²) in [5.74, 6) is 0.0810. The van der Waals surface area contributed by atoms with Gasteiger partial charge in [-0.15, -0.1) is 21.5 Å². The Morgan fingerprint density at radius 3 is 2.64 bits per heavy atom. The first-order valence-electron chi connectivity index (χ1n) is 7.88. The van der Waals surface area contributed by atoms with Crippen molar-refractivity contribution in [3.63, 3.8) is 0 Å². The number of hydrogen-bond donors (Lipinski definition) is 0. The van der Waals surface area contributed by atoms with Crippen molar-refractivity contribution >= 4 is 49.6 Å². The van der Waals surface area contributed by atoms with Gasteiger partial charge in [0.05, 0.1) is 4.88 Å². The lowest BCUT2D eigenvalue weighted by Gasteiger charge is -2.34. The van der Waals surface area contributed by atoms with Crippen LogP contribution in [0, 0.1) is 0 Å². The van der Waals surface area contributed by atoms with Crippen LogP contribution in [0.5, 0.6) is 0 Å². The maximum atomic E-state index is 12.6. The molecule has 3 heterocycles. The van der Waals surface area contributed by atoms with Gasteiger partial charge in [0.1, 0.15) is 0 Å². The second-order valence-electron chi connectivity index (χ2n) is 5.66. The summed E-state index contributed by atoms with van der Waals surface area (Å²) in [6.45, 7) is 2.94. The molecule has 0 atom stereocenters. The molecule has 5 nitrogen and oxygen atoms in total. The number of piperazine rings is 1. The molecular formula is C17H15BrN4OS2. The molecule has 128 valence electrons. The molecule has 1 aliphatic heterocycles. The summed E-state index contributed by atoms with van der Waals surface area (Å²) < 4.78 is 0.923. The number of anilines is 1. The smallest absolute Gasteiger partial charge is 0.254 e. The van der Waals surface area contributed by atoms with E-state index in [2.05, 4.69) is 37.1 Å². The second-order valence-corrected chi connectivity index (χ2v) is 8.48. The van der Waals surface area contributed by atoms with Crippen molar-refractivity contribution in [2.24, 2.45) is 0 Å². The Balaban J connectivity index is 1.41. The number of amides is 1. The number of nitrogens with zero attached hydrogens (tertiary/aromatic N) is 4. The van der Waals surface area contributed by atoms with E-state index in [0.29, 0.717) is 13.1 Å². The van der Waals surface area contributed by atoms with E-state index < -0.39 is 0 Å². The van der Waals surface area contributed by atoms with Crippen LogP contribution in [0.3, 0.4) is 0 Å². The van der Waals surface area contributed by atoms with Crippen LogP contribution >= 0.6 is 38.6 Å². The lowest BCUT2D eigenvalue weighted by atomic mass is 10.2. The highest BCUT2D eigenvalue weighted by molar-refractivity contribution is 9.10. The Bertz CT molecular complexity index is 872. The standard InChI is InChI=1S/C17H15BrN4OS2/c18-13-4-1-3-12(11-13)16(23)21-6-8-22(9-7-21)17-20-19-15(25-17)14-5-2-10-24-14/h1-5,10-11H,6-9H2. The minimum atomic E-state index is 0.0810. The van der Waals surface area contributed by atoms with Crippen LogP contribution in [0.15, 0.2) is 46.3 Å². The van der Waals surface area contributed by atoms with Gasteiger partial charge in [-0.1, -0.05) is 39.4 Å². The van der Waals surface area contributed by atoms with Gasteiger partial charge in [-0.2, -0.15) is 0 Å². The van der Waals surface area contributed by atoms with Gasteiger partial charge in [0, 0.05) is 36.2 Å². The fraction of sp³-hybridized carbons (Fsp3) is 0.235. The Kier molecular flexibility index (Phi) is 4.82. The van der Waals surface area contributed by atoms with E-state index in [1.54, 1.807) is 22.7 Å². The molecule has 25 heavy (non-hydrogen) atoms. The third-order valence-electron chi connectivity index (χ3n) is 4.06. The molecule has 8 heteroatoms. The molecule has 0 saturated carbocycles. The average molecular weight is 435 g/mol. The molecule has 2 aromatic heterocycles. The van der Waals surface area contributed by atoms with Crippen LogP contribution in [-0.2, 0) is 0 Å². The maximum absolute atomic E-state index is 12.6. The lowest BCUT2D eigenvalue weighted by Crippen LogP contribution is -2.48. The van der Waals surface area contributed by atoms with Crippen LogP contribution in [0.4, 0.5) is 5.13 Å². The lowest BCUT2D eigenvalue weighted by molar-refractivity contribution is 0.0746. The normalized spacial score (nSPS) is 14.8. The fourth-order valence-electron chi connectivity index (χ4n) is 2.75. The molecular weight excluding hydrogens is 420 g/mol. The maximum Gasteiger partial charge on any atom is 0.254 e. The number of thiophene rings is 1. The predicted molar refractivity (Wildman–Crippen MR) is 105 cm³/mol. The summed E-state index contributed by atoms with van der Waals surface area (Å²) in [6.07, 6.45) is 0. The Labute approximate surface area is 162 Å². The van der Waals surface area contributed by atoms with Crippen molar-refractivity contribution in [3.05, 3.63) is 51.8 Å². The third-order valence-corrected chi connectivity index (χ3v) is 6.57. The summed E-state index contributed by atoms with van der Waals surface area (Å²) in [4.78, 5) is 17.9. The minimum absolute atomic E-state index is 0.0810. The molecule has 0 unspecified atom stereocenters. The van der Waals surface area contributed by atoms with Crippen molar-refractivity contribution in [1.29, 1.82) is 0 Å². The Morgan fingerprint density at radius 2 is 1.92 bits per heavy atom. The summed E-state index contributed by atoms with van der Waals surface area (Å²) in [6, 6.07) is 11.6. The molecule has 4 rings (SSSR count). The van der Waals surface area contributed by atoms with Crippen molar-refractivity contribution < 1.29 is 4.79 Å². The summed E-state index contributed by atoms with van der Waals surface area (Å²) in [5.41, 5.74) is 0.721.